The highest BCUT2D eigenvalue weighted by atomic mass is 16.7. The summed E-state index contributed by atoms with van der Waals surface area (Å²) in [4.78, 5) is 46.1. The summed E-state index contributed by atoms with van der Waals surface area (Å²) >= 11 is 0. The summed E-state index contributed by atoms with van der Waals surface area (Å²) in [7, 11) is 1.49. The number of rotatable bonds is 12. The topological polar surface area (TPSA) is 146 Å². The van der Waals surface area contributed by atoms with E-state index in [1.807, 2.05) is 13.0 Å². The lowest BCUT2D eigenvalue weighted by Crippen LogP contribution is -2.16. The number of fused-ring (bicyclic) bond motifs is 1. The Bertz CT molecular complexity index is 992. The molecule has 0 amide bonds. The SMILES string of the molecule is COc1c(C)c2c(c(O)c1CC=C(C)CCC(=O)OCOC(=O)CC(C)CC(=O)O)C(=O)OC2. The molecule has 186 valence electrons. The maximum atomic E-state index is 12.0. The average molecular weight is 478 g/mol. The van der Waals surface area contributed by atoms with E-state index >= 15 is 0 Å². The molecule has 0 saturated heterocycles. The van der Waals surface area contributed by atoms with E-state index in [2.05, 4.69) is 0 Å². The van der Waals surface area contributed by atoms with Gasteiger partial charge in [0.2, 0.25) is 6.79 Å². The minimum atomic E-state index is -1.00. The first kappa shape index (κ1) is 26.7. The van der Waals surface area contributed by atoms with Crippen LogP contribution in [0.2, 0.25) is 0 Å². The predicted molar refractivity (Wildman–Crippen MR) is 118 cm³/mol. The van der Waals surface area contributed by atoms with E-state index in [1.165, 1.54) is 7.11 Å². The van der Waals surface area contributed by atoms with Crippen molar-refractivity contribution in [2.24, 2.45) is 5.92 Å². The molecule has 2 rings (SSSR count). The number of carboxylic acid groups (broad SMARTS) is 1. The Morgan fingerprint density at radius 1 is 1.15 bits per heavy atom. The molecule has 1 heterocycles. The molecular weight excluding hydrogens is 448 g/mol. The van der Waals surface area contributed by atoms with Gasteiger partial charge in [-0.2, -0.15) is 0 Å². The number of methoxy groups -OCH3 is 1. The molecule has 0 aliphatic carbocycles. The molecule has 1 aromatic rings. The fraction of sp³-hybridized carbons (Fsp3) is 0.500. The number of aliphatic carboxylic acids is 1. The largest absolute Gasteiger partial charge is 0.507 e. The number of cyclic esters (lactones) is 1. The number of ether oxygens (including phenoxy) is 4. The second-order valence-electron chi connectivity index (χ2n) is 8.23. The molecule has 0 bridgehead atoms. The van der Waals surface area contributed by atoms with Crippen molar-refractivity contribution in [2.75, 3.05) is 13.9 Å². The van der Waals surface area contributed by atoms with Gasteiger partial charge in [0.25, 0.3) is 0 Å². The van der Waals surface area contributed by atoms with E-state index in [0.29, 0.717) is 23.3 Å². The first-order valence-corrected chi connectivity index (χ1v) is 10.8. The minimum Gasteiger partial charge on any atom is -0.507 e. The standard InChI is InChI=1S/C24H30O10/c1-13(6-8-19(27)33-12-34-20(28)10-14(2)9-18(25)26)5-7-16-22(29)21-17(11-32-24(21)30)15(3)23(16)31-4/h5,14,29H,6-12H2,1-4H3,(H,25,26). The Kier molecular flexibility index (Phi) is 9.47. The van der Waals surface area contributed by atoms with Gasteiger partial charge in [0.05, 0.1) is 7.11 Å². The van der Waals surface area contributed by atoms with E-state index < -0.39 is 30.7 Å². The van der Waals surface area contributed by atoms with Crippen molar-refractivity contribution >= 4 is 23.9 Å². The van der Waals surface area contributed by atoms with Crippen LogP contribution in [0.25, 0.3) is 0 Å². The lowest BCUT2D eigenvalue weighted by Gasteiger charge is -2.15. The highest BCUT2D eigenvalue weighted by Gasteiger charge is 2.31. The summed E-state index contributed by atoms with van der Waals surface area (Å²) in [6, 6.07) is 0. The first-order chi connectivity index (χ1) is 16.0. The maximum absolute atomic E-state index is 12.0. The molecule has 0 aromatic heterocycles. The van der Waals surface area contributed by atoms with E-state index in [-0.39, 0.29) is 49.5 Å². The number of carbonyl (C=O) groups is 4. The van der Waals surface area contributed by atoms with Crippen LogP contribution < -0.4 is 4.74 Å². The van der Waals surface area contributed by atoms with Crippen molar-refractivity contribution in [1.82, 2.24) is 0 Å². The van der Waals surface area contributed by atoms with Crippen LogP contribution in [0.3, 0.4) is 0 Å². The number of carbonyl (C=O) groups excluding carboxylic acids is 3. The summed E-state index contributed by atoms with van der Waals surface area (Å²) in [5.74, 6) is -2.83. The van der Waals surface area contributed by atoms with Gasteiger partial charge in [-0.15, -0.1) is 0 Å². The molecule has 10 heteroatoms. The number of benzene rings is 1. The van der Waals surface area contributed by atoms with Crippen molar-refractivity contribution in [1.29, 1.82) is 0 Å². The maximum Gasteiger partial charge on any atom is 0.342 e. The lowest BCUT2D eigenvalue weighted by molar-refractivity contribution is -0.167. The van der Waals surface area contributed by atoms with Crippen LogP contribution in [0.15, 0.2) is 11.6 Å². The number of hydrogen-bond donors (Lipinski definition) is 2. The van der Waals surface area contributed by atoms with Crippen LogP contribution in [-0.2, 0) is 41.6 Å². The van der Waals surface area contributed by atoms with Crippen molar-refractivity contribution in [3.05, 3.63) is 33.9 Å². The monoisotopic (exact) mass is 478 g/mol. The van der Waals surface area contributed by atoms with Gasteiger partial charge >= 0.3 is 23.9 Å². The Labute approximate surface area is 197 Å². The van der Waals surface area contributed by atoms with Gasteiger partial charge in [0.15, 0.2) is 0 Å². The fourth-order valence-corrected chi connectivity index (χ4v) is 3.65. The van der Waals surface area contributed by atoms with Gasteiger partial charge in [-0.3, -0.25) is 14.4 Å². The molecule has 0 fully saturated rings. The third-order valence-electron chi connectivity index (χ3n) is 5.50. The van der Waals surface area contributed by atoms with Gasteiger partial charge in [-0.25, -0.2) is 4.79 Å². The van der Waals surface area contributed by atoms with E-state index in [4.69, 9.17) is 24.1 Å². The summed E-state index contributed by atoms with van der Waals surface area (Å²) in [6.07, 6.45) is 2.29. The molecule has 10 nitrogen and oxygen atoms in total. The van der Waals surface area contributed by atoms with Gasteiger partial charge in [-0.05, 0) is 38.2 Å². The van der Waals surface area contributed by atoms with Crippen molar-refractivity contribution in [2.45, 2.75) is 59.5 Å². The number of phenolic OH excluding ortho intramolecular Hbond substituents is 1. The van der Waals surface area contributed by atoms with Crippen LogP contribution in [0.1, 0.15) is 66.6 Å². The molecule has 1 aliphatic rings. The number of esters is 3. The number of hydrogen-bond acceptors (Lipinski definition) is 9. The van der Waals surface area contributed by atoms with E-state index in [0.717, 1.165) is 11.1 Å². The molecule has 1 unspecified atom stereocenters. The zero-order chi connectivity index (χ0) is 25.4. The third kappa shape index (κ3) is 6.97. The normalized spacial score (nSPS) is 13.6. The van der Waals surface area contributed by atoms with Gasteiger partial charge in [0.1, 0.15) is 23.7 Å². The first-order valence-electron chi connectivity index (χ1n) is 10.8. The van der Waals surface area contributed by atoms with Crippen LogP contribution in [0.4, 0.5) is 0 Å². The predicted octanol–water partition coefficient (Wildman–Crippen LogP) is 3.19. The zero-order valence-corrected chi connectivity index (χ0v) is 19.8. The molecule has 34 heavy (non-hydrogen) atoms. The summed E-state index contributed by atoms with van der Waals surface area (Å²) in [5.41, 5.74) is 2.82. The molecule has 0 spiro atoms. The molecular formula is C24H30O10. The number of phenols is 1. The van der Waals surface area contributed by atoms with Crippen LogP contribution >= 0.6 is 0 Å². The Hall–Kier alpha value is -3.56. The molecule has 2 N–H and O–H groups in total. The molecule has 1 aromatic carbocycles. The quantitative estimate of drug-likeness (QED) is 0.261. The Morgan fingerprint density at radius 3 is 2.47 bits per heavy atom. The van der Waals surface area contributed by atoms with Gasteiger partial charge < -0.3 is 29.2 Å². The third-order valence-corrected chi connectivity index (χ3v) is 5.50. The summed E-state index contributed by atoms with van der Waals surface area (Å²) in [6.45, 7) is 4.79. The zero-order valence-electron chi connectivity index (χ0n) is 19.8. The smallest absolute Gasteiger partial charge is 0.342 e. The molecule has 1 aliphatic heterocycles. The van der Waals surface area contributed by atoms with Gasteiger partial charge in [0, 0.05) is 30.4 Å². The minimum absolute atomic E-state index is 0.0496. The van der Waals surface area contributed by atoms with E-state index in [9.17, 15) is 24.3 Å². The van der Waals surface area contributed by atoms with Crippen molar-refractivity contribution in [3.8, 4) is 11.5 Å². The second-order valence-corrected chi connectivity index (χ2v) is 8.23. The molecule has 0 saturated carbocycles. The number of allylic oxidation sites excluding steroid dienone is 2. The van der Waals surface area contributed by atoms with Gasteiger partial charge in [-0.1, -0.05) is 18.6 Å². The van der Waals surface area contributed by atoms with E-state index in [1.54, 1.807) is 13.8 Å². The highest BCUT2D eigenvalue weighted by molar-refractivity contribution is 5.98. The van der Waals surface area contributed by atoms with Crippen LogP contribution in [-0.4, -0.2) is 48.0 Å². The fourth-order valence-electron chi connectivity index (χ4n) is 3.65. The highest BCUT2D eigenvalue weighted by Crippen LogP contribution is 2.42. The Balaban J connectivity index is 1.85. The summed E-state index contributed by atoms with van der Waals surface area (Å²) < 4.78 is 20.2. The van der Waals surface area contributed by atoms with Crippen LogP contribution in [0.5, 0.6) is 11.5 Å². The Morgan fingerprint density at radius 2 is 1.82 bits per heavy atom. The summed E-state index contributed by atoms with van der Waals surface area (Å²) in [5, 5.41) is 19.3. The van der Waals surface area contributed by atoms with Crippen molar-refractivity contribution < 1.29 is 48.3 Å². The molecule has 0 radical (unpaired) electrons. The second kappa shape index (κ2) is 12.1. The lowest BCUT2D eigenvalue weighted by atomic mass is 9.94. The van der Waals surface area contributed by atoms with Crippen LogP contribution in [0, 0.1) is 12.8 Å². The number of aromatic hydroxyl groups is 1. The number of carboxylic acids is 1. The van der Waals surface area contributed by atoms with Crippen molar-refractivity contribution in [3.63, 3.8) is 0 Å². The molecule has 1 atom stereocenters. The average Bonchev–Trinajstić information content (AvgIpc) is 3.15.